The van der Waals surface area contributed by atoms with Crippen molar-refractivity contribution in [2.24, 2.45) is 5.92 Å². The average molecular weight is 188 g/mol. The number of Topliss-reactive ketones (excluding diaryl/α,β-unsaturated/α-hetero) is 1. The Labute approximate surface area is 78.5 Å². The molecule has 0 aromatic heterocycles. The van der Waals surface area contributed by atoms with E-state index in [9.17, 15) is 4.79 Å². The van der Waals surface area contributed by atoms with Crippen LogP contribution in [-0.4, -0.2) is 33.1 Å². The predicted octanol–water partition coefficient (Wildman–Crippen LogP) is 0.971. The lowest BCUT2D eigenvalue weighted by atomic mass is 10.1. The van der Waals surface area contributed by atoms with Crippen molar-refractivity contribution >= 4 is 5.78 Å². The Bertz CT molecular complexity index is 176. The maximum atomic E-state index is 11.6. The summed E-state index contributed by atoms with van der Waals surface area (Å²) in [6.45, 7) is 5.21. The van der Waals surface area contributed by atoms with Crippen LogP contribution in [0.25, 0.3) is 0 Å². The van der Waals surface area contributed by atoms with Gasteiger partial charge in [0.15, 0.2) is 0 Å². The topological polar surface area (TPSA) is 44.8 Å². The van der Waals surface area contributed by atoms with Crippen molar-refractivity contribution in [3.05, 3.63) is 12.7 Å². The van der Waals surface area contributed by atoms with E-state index in [1.54, 1.807) is 6.92 Å². The zero-order chi connectivity index (χ0) is 10.5. The van der Waals surface area contributed by atoms with Gasteiger partial charge in [0.2, 0.25) is 5.78 Å². The Morgan fingerprint density at radius 1 is 1.31 bits per heavy atom. The molecule has 76 valence electrons. The summed E-state index contributed by atoms with van der Waals surface area (Å²) < 4.78 is 14.6. The van der Waals surface area contributed by atoms with Gasteiger partial charge in [0.1, 0.15) is 0 Å². The van der Waals surface area contributed by atoms with Gasteiger partial charge >= 0.3 is 5.97 Å². The second-order valence-corrected chi connectivity index (χ2v) is 2.56. The van der Waals surface area contributed by atoms with Crippen molar-refractivity contribution in [3.8, 4) is 0 Å². The summed E-state index contributed by atoms with van der Waals surface area (Å²) in [6, 6.07) is 0. The van der Waals surface area contributed by atoms with Crippen molar-refractivity contribution in [2.75, 3.05) is 21.3 Å². The van der Waals surface area contributed by atoms with Crippen LogP contribution in [-0.2, 0) is 19.0 Å². The molecule has 0 saturated heterocycles. The summed E-state index contributed by atoms with van der Waals surface area (Å²) in [5, 5.41) is 0. The first-order valence-corrected chi connectivity index (χ1v) is 3.90. The molecule has 13 heavy (non-hydrogen) atoms. The fraction of sp³-hybridized carbons (Fsp3) is 0.667. The molecule has 0 amide bonds. The first kappa shape index (κ1) is 12.3. The molecule has 4 nitrogen and oxygen atoms in total. The smallest absolute Gasteiger partial charge is 0.325 e. The molecule has 1 unspecified atom stereocenters. The molecule has 0 aromatic rings. The SMILES string of the molecule is C=CC(C)C(=O)C(OC)(OC)OC. The van der Waals surface area contributed by atoms with Crippen LogP contribution in [0, 0.1) is 5.92 Å². The van der Waals surface area contributed by atoms with Crippen LogP contribution >= 0.6 is 0 Å². The molecule has 0 aliphatic heterocycles. The van der Waals surface area contributed by atoms with E-state index in [1.807, 2.05) is 0 Å². The minimum Gasteiger partial charge on any atom is -0.325 e. The van der Waals surface area contributed by atoms with Crippen LogP contribution in [0.5, 0.6) is 0 Å². The summed E-state index contributed by atoms with van der Waals surface area (Å²) in [5.74, 6) is -2.29. The monoisotopic (exact) mass is 188 g/mol. The predicted molar refractivity (Wildman–Crippen MR) is 48.1 cm³/mol. The lowest BCUT2D eigenvalue weighted by Crippen LogP contribution is -2.47. The van der Waals surface area contributed by atoms with Crippen LogP contribution < -0.4 is 0 Å². The Hall–Kier alpha value is -0.710. The number of allylic oxidation sites excluding steroid dienone is 1. The minimum atomic E-state index is -1.60. The molecular formula is C9H16O4. The molecule has 0 spiro atoms. The van der Waals surface area contributed by atoms with Crippen LogP contribution in [0.4, 0.5) is 0 Å². The molecule has 0 N–H and O–H groups in total. The van der Waals surface area contributed by atoms with E-state index in [2.05, 4.69) is 6.58 Å². The van der Waals surface area contributed by atoms with Gasteiger partial charge in [-0.3, -0.25) is 4.79 Å². The summed E-state index contributed by atoms with van der Waals surface area (Å²) in [7, 11) is 4.04. The van der Waals surface area contributed by atoms with Crippen molar-refractivity contribution < 1.29 is 19.0 Å². The van der Waals surface area contributed by atoms with Gasteiger partial charge in [-0.1, -0.05) is 13.0 Å². The second-order valence-electron chi connectivity index (χ2n) is 2.56. The van der Waals surface area contributed by atoms with Crippen molar-refractivity contribution in [3.63, 3.8) is 0 Å². The van der Waals surface area contributed by atoms with E-state index >= 15 is 0 Å². The lowest BCUT2D eigenvalue weighted by molar-refractivity contribution is -0.326. The minimum absolute atomic E-state index is 0.310. The number of ketones is 1. The maximum absolute atomic E-state index is 11.6. The fourth-order valence-corrected chi connectivity index (χ4v) is 0.938. The lowest BCUT2D eigenvalue weighted by Gasteiger charge is -2.28. The van der Waals surface area contributed by atoms with Crippen molar-refractivity contribution in [1.82, 2.24) is 0 Å². The molecule has 0 aromatic carbocycles. The standard InChI is InChI=1S/C9H16O4/c1-6-7(2)8(10)9(11-3,12-4)13-5/h6-7H,1H2,2-5H3. The summed E-state index contributed by atoms with van der Waals surface area (Å²) >= 11 is 0. The van der Waals surface area contributed by atoms with E-state index in [0.717, 1.165) is 0 Å². The van der Waals surface area contributed by atoms with Gasteiger partial charge < -0.3 is 14.2 Å². The Kier molecular flexibility index (Phi) is 4.83. The van der Waals surface area contributed by atoms with Gasteiger partial charge in [-0.15, -0.1) is 6.58 Å². The Balaban J connectivity index is 4.72. The summed E-state index contributed by atoms with van der Waals surface area (Å²) in [5.41, 5.74) is 0. The molecule has 0 bridgehead atoms. The van der Waals surface area contributed by atoms with Gasteiger partial charge in [-0.2, -0.15) is 0 Å². The van der Waals surface area contributed by atoms with E-state index in [-0.39, 0.29) is 11.7 Å². The second kappa shape index (κ2) is 5.11. The van der Waals surface area contributed by atoms with Crippen molar-refractivity contribution in [1.29, 1.82) is 0 Å². The molecule has 0 rings (SSSR count). The zero-order valence-corrected chi connectivity index (χ0v) is 8.49. The molecular weight excluding hydrogens is 172 g/mol. The largest absolute Gasteiger partial charge is 0.346 e. The third-order valence-electron chi connectivity index (χ3n) is 1.88. The normalized spacial score (nSPS) is 13.8. The van der Waals surface area contributed by atoms with Gasteiger partial charge in [-0.05, 0) is 0 Å². The first-order valence-electron chi connectivity index (χ1n) is 3.90. The highest BCUT2D eigenvalue weighted by Gasteiger charge is 2.41. The van der Waals surface area contributed by atoms with Crippen LogP contribution in [0.2, 0.25) is 0 Å². The molecule has 4 heteroatoms. The third kappa shape index (κ3) is 2.37. The number of ether oxygens (including phenoxy) is 3. The van der Waals surface area contributed by atoms with Crippen LogP contribution in [0.3, 0.4) is 0 Å². The Morgan fingerprint density at radius 2 is 1.69 bits per heavy atom. The zero-order valence-electron chi connectivity index (χ0n) is 8.49. The van der Waals surface area contributed by atoms with Crippen LogP contribution in [0.15, 0.2) is 12.7 Å². The van der Waals surface area contributed by atoms with Crippen molar-refractivity contribution in [2.45, 2.75) is 12.9 Å². The molecule has 0 saturated carbocycles. The number of hydrogen-bond acceptors (Lipinski definition) is 4. The highest BCUT2D eigenvalue weighted by Crippen LogP contribution is 2.18. The molecule has 0 radical (unpaired) electrons. The van der Waals surface area contributed by atoms with Gasteiger partial charge in [0.25, 0.3) is 0 Å². The molecule has 0 heterocycles. The summed E-state index contributed by atoms with van der Waals surface area (Å²) in [6.07, 6.45) is 1.51. The highest BCUT2D eigenvalue weighted by molar-refractivity contribution is 5.87. The molecule has 0 aliphatic carbocycles. The van der Waals surface area contributed by atoms with Gasteiger partial charge in [0.05, 0.1) is 0 Å². The number of carbonyl (C=O) groups is 1. The summed E-state index contributed by atoms with van der Waals surface area (Å²) in [4.78, 5) is 11.6. The number of carbonyl (C=O) groups excluding carboxylic acids is 1. The molecule has 0 aliphatic rings. The number of rotatable bonds is 6. The highest BCUT2D eigenvalue weighted by atomic mass is 16.9. The average Bonchev–Trinajstić information content (AvgIpc) is 2.20. The molecule has 0 fully saturated rings. The first-order chi connectivity index (χ1) is 6.07. The van der Waals surface area contributed by atoms with E-state index in [0.29, 0.717) is 0 Å². The van der Waals surface area contributed by atoms with Gasteiger partial charge in [-0.25, -0.2) is 0 Å². The maximum Gasteiger partial charge on any atom is 0.346 e. The number of hydrogen-bond donors (Lipinski definition) is 0. The van der Waals surface area contributed by atoms with E-state index in [4.69, 9.17) is 14.2 Å². The van der Waals surface area contributed by atoms with E-state index in [1.165, 1.54) is 27.4 Å². The fourth-order valence-electron chi connectivity index (χ4n) is 0.938. The van der Waals surface area contributed by atoms with Gasteiger partial charge in [0, 0.05) is 27.2 Å². The third-order valence-corrected chi connectivity index (χ3v) is 1.88. The quantitative estimate of drug-likeness (QED) is 0.460. The molecule has 1 atom stereocenters. The Morgan fingerprint density at radius 3 is 1.92 bits per heavy atom. The van der Waals surface area contributed by atoms with E-state index < -0.39 is 5.97 Å². The van der Waals surface area contributed by atoms with Crippen LogP contribution in [0.1, 0.15) is 6.92 Å². The number of methoxy groups -OCH3 is 3.